The zero-order valence-electron chi connectivity index (χ0n) is 11.0. The lowest BCUT2D eigenvalue weighted by atomic mass is 9.87. The fraction of sp³-hybridized carbons (Fsp3) is 1.00. The maximum absolute atomic E-state index is 6.42. The molecule has 2 heteroatoms. The highest BCUT2D eigenvalue weighted by molar-refractivity contribution is 4.93. The summed E-state index contributed by atoms with van der Waals surface area (Å²) >= 11 is 0. The number of nitrogens with zero attached hydrogens (tertiary/aromatic N) is 1. The molecule has 0 aromatic carbocycles. The van der Waals surface area contributed by atoms with Crippen LogP contribution in [0, 0.1) is 5.92 Å². The third kappa shape index (κ3) is 2.98. The van der Waals surface area contributed by atoms with Gasteiger partial charge in [0.05, 0.1) is 0 Å². The molecule has 1 heterocycles. The molecule has 0 spiro atoms. The molecule has 0 aromatic heterocycles. The largest absolute Gasteiger partial charge is 0.326 e. The van der Waals surface area contributed by atoms with Gasteiger partial charge in [0.25, 0.3) is 0 Å². The molecule has 2 nitrogen and oxygen atoms in total. The van der Waals surface area contributed by atoms with E-state index < -0.39 is 0 Å². The van der Waals surface area contributed by atoms with E-state index in [1.54, 1.807) is 0 Å². The van der Waals surface area contributed by atoms with Gasteiger partial charge < -0.3 is 5.73 Å². The quantitative estimate of drug-likeness (QED) is 0.778. The van der Waals surface area contributed by atoms with Crippen molar-refractivity contribution in [3.05, 3.63) is 0 Å². The molecule has 1 saturated carbocycles. The second-order valence-corrected chi connectivity index (χ2v) is 6.33. The molecule has 2 N–H and O–H groups in total. The van der Waals surface area contributed by atoms with Crippen LogP contribution in [0.2, 0.25) is 0 Å². The SMILES string of the molecule is CC(C)(C(N)CCC1CC1)N1CCCCC1. The van der Waals surface area contributed by atoms with E-state index in [1.165, 1.54) is 58.0 Å². The Labute approximate surface area is 101 Å². The first kappa shape index (κ1) is 12.4. The normalized spacial score (nSPS) is 25.7. The maximum Gasteiger partial charge on any atom is 0.0304 e. The summed E-state index contributed by atoms with van der Waals surface area (Å²) in [6.45, 7) is 7.19. The zero-order valence-corrected chi connectivity index (χ0v) is 11.0. The third-order valence-electron chi connectivity index (χ3n) is 4.66. The molecular formula is C14H28N2. The predicted octanol–water partition coefficient (Wildman–Crippen LogP) is 2.77. The number of hydrogen-bond acceptors (Lipinski definition) is 2. The standard InChI is InChI=1S/C14H28N2/c1-14(2,16-10-4-3-5-11-16)13(15)9-8-12-6-7-12/h12-13H,3-11,15H2,1-2H3. The van der Waals surface area contributed by atoms with Crippen molar-refractivity contribution in [1.82, 2.24) is 4.90 Å². The van der Waals surface area contributed by atoms with Gasteiger partial charge >= 0.3 is 0 Å². The van der Waals surface area contributed by atoms with Gasteiger partial charge in [0.1, 0.15) is 0 Å². The Bertz CT molecular complexity index is 215. The predicted molar refractivity (Wildman–Crippen MR) is 69.4 cm³/mol. The van der Waals surface area contributed by atoms with Crippen LogP contribution in [-0.2, 0) is 0 Å². The van der Waals surface area contributed by atoms with Crippen LogP contribution < -0.4 is 5.73 Å². The van der Waals surface area contributed by atoms with Crippen molar-refractivity contribution in [3.8, 4) is 0 Å². The molecule has 16 heavy (non-hydrogen) atoms. The zero-order chi connectivity index (χ0) is 11.6. The fourth-order valence-corrected chi connectivity index (χ4v) is 2.88. The molecule has 0 aromatic rings. The number of piperidine rings is 1. The van der Waals surface area contributed by atoms with E-state index >= 15 is 0 Å². The van der Waals surface area contributed by atoms with E-state index in [4.69, 9.17) is 5.73 Å². The summed E-state index contributed by atoms with van der Waals surface area (Å²) in [5.74, 6) is 1.02. The minimum absolute atomic E-state index is 0.204. The molecule has 0 amide bonds. The lowest BCUT2D eigenvalue weighted by Crippen LogP contribution is -2.57. The lowest BCUT2D eigenvalue weighted by Gasteiger charge is -2.44. The fourth-order valence-electron chi connectivity index (χ4n) is 2.88. The van der Waals surface area contributed by atoms with Crippen LogP contribution in [0.4, 0.5) is 0 Å². The van der Waals surface area contributed by atoms with Gasteiger partial charge in [-0.1, -0.05) is 19.3 Å². The Morgan fingerprint density at radius 2 is 1.81 bits per heavy atom. The van der Waals surface area contributed by atoms with Gasteiger partial charge in [-0.25, -0.2) is 0 Å². The lowest BCUT2D eigenvalue weighted by molar-refractivity contribution is 0.0696. The van der Waals surface area contributed by atoms with Crippen LogP contribution >= 0.6 is 0 Å². The summed E-state index contributed by atoms with van der Waals surface area (Å²) in [7, 11) is 0. The minimum atomic E-state index is 0.204. The van der Waals surface area contributed by atoms with Crippen molar-refractivity contribution < 1.29 is 0 Å². The van der Waals surface area contributed by atoms with Gasteiger partial charge in [-0.05, 0) is 58.5 Å². The number of hydrogen-bond donors (Lipinski definition) is 1. The van der Waals surface area contributed by atoms with Crippen molar-refractivity contribution in [1.29, 1.82) is 0 Å². The molecule has 2 fully saturated rings. The Morgan fingerprint density at radius 3 is 2.38 bits per heavy atom. The molecule has 2 rings (SSSR count). The first-order valence-corrected chi connectivity index (χ1v) is 7.11. The van der Waals surface area contributed by atoms with Crippen LogP contribution in [0.25, 0.3) is 0 Å². The smallest absolute Gasteiger partial charge is 0.0304 e. The van der Waals surface area contributed by atoms with E-state index in [2.05, 4.69) is 18.7 Å². The second kappa shape index (κ2) is 5.05. The Balaban J connectivity index is 1.82. The Morgan fingerprint density at radius 1 is 1.19 bits per heavy atom. The van der Waals surface area contributed by atoms with Crippen molar-refractivity contribution in [2.45, 2.75) is 70.4 Å². The highest BCUT2D eigenvalue weighted by Gasteiger charge is 2.34. The molecule has 1 saturated heterocycles. The van der Waals surface area contributed by atoms with Crippen LogP contribution in [-0.4, -0.2) is 29.6 Å². The number of rotatable bonds is 5. The monoisotopic (exact) mass is 224 g/mol. The van der Waals surface area contributed by atoms with Gasteiger partial charge in [0.15, 0.2) is 0 Å². The molecular weight excluding hydrogens is 196 g/mol. The topological polar surface area (TPSA) is 29.3 Å². The molecule has 0 radical (unpaired) electrons. The first-order chi connectivity index (χ1) is 7.60. The maximum atomic E-state index is 6.42. The van der Waals surface area contributed by atoms with Gasteiger partial charge in [-0.3, -0.25) is 4.90 Å². The van der Waals surface area contributed by atoms with E-state index in [1.807, 2.05) is 0 Å². The molecule has 1 aliphatic heterocycles. The highest BCUT2D eigenvalue weighted by Crippen LogP contribution is 2.35. The third-order valence-corrected chi connectivity index (χ3v) is 4.66. The van der Waals surface area contributed by atoms with E-state index in [0.717, 1.165) is 5.92 Å². The van der Waals surface area contributed by atoms with Gasteiger partial charge in [0.2, 0.25) is 0 Å². The van der Waals surface area contributed by atoms with Crippen molar-refractivity contribution in [3.63, 3.8) is 0 Å². The Kier molecular flexibility index (Phi) is 3.91. The van der Waals surface area contributed by atoms with Crippen LogP contribution in [0.3, 0.4) is 0 Å². The van der Waals surface area contributed by atoms with Crippen molar-refractivity contribution in [2.24, 2.45) is 11.7 Å². The van der Waals surface area contributed by atoms with Crippen molar-refractivity contribution >= 4 is 0 Å². The molecule has 1 unspecified atom stereocenters. The molecule has 94 valence electrons. The van der Waals surface area contributed by atoms with Crippen LogP contribution in [0.1, 0.15) is 58.8 Å². The number of nitrogens with two attached hydrogens (primary N) is 1. The number of likely N-dealkylation sites (tertiary alicyclic amines) is 1. The van der Waals surface area contributed by atoms with Crippen LogP contribution in [0.15, 0.2) is 0 Å². The summed E-state index contributed by atoms with van der Waals surface area (Å²) in [5, 5.41) is 0. The van der Waals surface area contributed by atoms with Gasteiger partial charge in [-0.15, -0.1) is 0 Å². The van der Waals surface area contributed by atoms with Gasteiger partial charge in [-0.2, -0.15) is 0 Å². The first-order valence-electron chi connectivity index (χ1n) is 7.11. The van der Waals surface area contributed by atoms with Crippen molar-refractivity contribution in [2.75, 3.05) is 13.1 Å². The summed E-state index contributed by atoms with van der Waals surface area (Å²) in [5.41, 5.74) is 6.62. The minimum Gasteiger partial charge on any atom is -0.326 e. The average molecular weight is 224 g/mol. The average Bonchev–Trinajstić information content (AvgIpc) is 3.11. The van der Waals surface area contributed by atoms with E-state index in [9.17, 15) is 0 Å². The summed E-state index contributed by atoms with van der Waals surface area (Å²) < 4.78 is 0. The Hall–Kier alpha value is -0.0800. The molecule has 1 aliphatic carbocycles. The summed E-state index contributed by atoms with van der Waals surface area (Å²) in [4.78, 5) is 2.62. The van der Waals surface area contributed by atoms with E-state index in [-0.39, 0.29) is 5.54 Å². The molecule has 1 atom stereocenters. The second-order valence-electron chi connectivity index (χ2n) is 6.33. The van der Waals surface area contributed by atoms with Crippen LogP contribution in [0.5, 0.6) is 0 Å². The highest BCUT2D eigenvalue weighted by atomic mass is 15.2. The molecule has 0 bridgehead atoms. The summed E-state index contributed by atoms with van der Waals surface area (Å²) in [6.07, 6.45) is 9.61. The molecule has 2 aliphatic rings. The van der Waals surface area contributed by atoms with Gasteiger partial charge in [0, 0.05) is 11.6 Å². The summed E-state index contributed by atoms with van der Waals surface area (Å²) in [6, 6.07) is 0.353. The van der Waals surface area contributed by atoms with E-state index in [0.29, 0.717) is 6.04 Å².